The summed E-state index contributed by atoms with van der Waals surface area (Å²) in [7, 11) is 0. The first kappa shape index (κ1) is 21.5. The van der Waals surface area contributed by atoms with E-state index in [9.17, 15) is 22.0 Å². The Morgan fingerprint density at radius 2 is 1.64 bits per heavy atom. The lowest BCUT2D eigenvalue weighted by Crippen LogP contribution is -2.06. The lowest BCUT2D eigenvalue weighted by atomic mass is 10.2. The third-order valence-corrected chi connectivity index (χ3v) is 3.56. The molecule has 4 nitrogen and oxygen atoms in total. The highest BCUT2D eigenvalue weighted by Gasteiger charge is 2.25. The van der Waals surface area contributed by atoms with E-state index in [1.54, 1.807) is 12.3 Å². The second-order valence-electron chi connectivity index (χ2n) is 5.18. The van der Waals surface area contributed by atoms with Crippen LogP contribution in [-0.2, 0) is 0 Å². The molecule has 2 rings (SSSR count). The van der Waals surface area contributed by atoms with E-state index < -0.39 is 34.8 Å². The van der Waals surface area contributed by atoms with Gasteiger partial charge in [0.25, 0.3) is 0 Å². The molecule has 0 spiro atoms. The minimum Gasteiger partial charge on any atom is -0.490 e. The predicted molar refractivity (Wildman–Crippen MR) is 95.8 cm³/mol. The number of anilines is 1. The van der Waals surface area contributed by atoms with Crippen LogP contribution in [0.15, 0.2) is 29.9 Å². The van der Waals surface area contributed by atoms with E-state index in [2.05, 4.69) is 11.7 Å². The first-order valence-electron chi connectivity index (χ1n) is 7.82. The highest BCUT2D eigenvalue weighted by molar-refractivity contribution is 6.32. The molecule has 28 heavy (non-hydrogen) atoms. The van der Waals surface area contributed by atoms with Crippen molar-refractivity contribution in [1.29, 1.82) is 0 Å². The van der Waals surface area contributed by atoms with Crippen LogP contribution < -0.4 is 14.9 Å². The number of rotatable bonds is 8. The first-order valence-corrected chi connectivity index (χ1v) is 8.20. The minimum atomic E-state index is -2.26. The molecule has 0 heterocycles. The lowest BCUT2D eigenvalue weighted by Gasteiger charge is -2.13. The number of hydrazone groups is 1. The van der Waals surface area contributed by atoms with Gasteiger partial charge in [-0.25, -0.2) is 22.0 Å². The fraction of sp³-hybridized carbons (Fsp3) is 0.167. The normalized spacial score (nSPS) is 11.0. The van der Waals surface area contributed by atoms with Crippen LogP contribution in [0.4, 0.5) is 27.6 Å². The van der Waals surface area contributed by atoms with Crippen LogP contribution in [0.2, 0.25) is 5.02 Å². The number of benzene rings is 2. The average Bonchev–Trinajstić information content (AvgIpc) is 2.67. The molecule has 10 heteroatoms. The van der Waals surface area contributed by atoms with Crippen LogP contribution in [0, 0.1) is 29.1 Å². The Balaban J connectivity index is 2.31. The van der Waals surface area contributed by atoms with Gasteiger partial charge < -0.3 is 9.47 Å². The van der Waals surface area contributed by atoms with Crippen molar-refractivity contribution in [3.8, 4) is 11.5 Å². The van der Waals surface area contributed by atoms with Crippen molar-refractivity contribution in [3.63, 3.8) is 0 Å². The molecular weight excluding hydrogens is 407 g/mol. The Morgan fingerprint density at radius 1 is 1.04 bits per heavy atom. The van der Waals surface area contributed by atoms with Gasteiger partial charge in [-0.05, 0) is 24.6 Å². The largest absolute Gasteiger partial charge is 0.490 e. The summed E-state index contributed by atoms with van der Waals surface area (Å²) in [5.74, 6) is -9.95. The molecule has 0 atom stereocenters. The van der Waals surface area contributed by atoms with Gasteiger partial charge in [0.2, 0.25) is 5.82 Å². The van der Waals surface area contributed by atoms with Crippen molar-refractivity contribution >= 4 is 23.5 Å². The van der Waals surface area contributed by atoms with Gasteiger partial charge >= 0.3 is 0 Å². The van der Waals surface area contributed by atoms with Crippen LogP contribution >= 0.6 is 11.6 Å². The SMILES string of the molecule is C=CCOc1c(Cl)cc(C=NNc2c(F)c(F)c(F)c(F)c2F)cc1OCC. The molecule has 0 aliphatic rings. The van der Waals surface area contributed by atoms with E-state index in [0.717, 1.165) is 6.21 Å². The van der Waals surface area contributed by atoms with Gasteiger partial charge in [-0.1, -0.05) is 24.3 Å². The van der Waals surface area contributed by atoms with E-state index in [1.807, 2.05) is 0 Å². The molecule has 0 aliphatic heterocycles. The maximum atomic E-state index is 13.6. The number of hydrogen-bond donors (Lipinski definition) is 1. The summed E-state index contributed by atoms with van der Waals surface area (Å²) in [5, 5.41) is 3.66. The molecule has 0 amide bonds. The second-order valence-corrected chi connectivity index (χ2v) is 5.58. The third kappa shape index (κ3) is 4.53. The van der Waals surface area contributed by atoms with E-state index >= 15 is 0 Å². The van der Waals surface area contributed by atoms with E-state index in [1.165, 1.54) is 18.2 Å². The highest BCUT2D eigenvalue weighted by Crippen LogP contribution is 2.36. The van der Waals surface area contributed by atoms with Crippen molar-refractivity contribution in [2.45, 2.75) is 6.92 Å². The topological polar surface area (TPSA) is 42.8 Å². The summed E-state index contributed by atoms with van der Waals surface area (Å²) < 4.78 is 77.4. The maximum absolute atomic E-state index is 13.6. The van der Waals surface area contributed by atoms with Crippen molar-refractivity contribution in [2.24, 2.45) is 5.10 Å². The molecule has 0 fully saturated rings. The standard InChI is InChI=1S/C18H14ClF5N2O2/c1-3-5-28-18-10(19)6-9(7-11(18)27-4-2)8-25-26-17-15(23)13(21)12(20)14(22)16(17)24/h3,6-8,26H,1,4-5H2,2H3. The number of hydrogen-bond acceptors (Lipinski definition) is 4. The molecule has 1 N–H and O–H groups in total. The van der Waals surface area contributed by atoms with Crippen LogP contribution in [0.5, 0.6) is 11.5 Å². The van der Waals surface area contributed by atoms with E-state index in [-0.39, 0.29) is 23.1 Å². The number of ether oxygens (including phenoxy) is 2. The van der Waals surface area contributed by atoms with Gasteiger partial charge in [-0.2, -0.15) is 5.10 Å². The van der Waals surface area contributed by atoms with Gasteiger partial charge in [-0.3, -0.25) is 5.43 Å². The molecule has 0 bridgehead atoms. The lowest BCUT2D eigenvalue weighted by molar-refractivity contribution is 0.297. The first-order chi connectivity index (χ1) is 13.3. The average molecular weight is 421 g/mol. The summed E-state index contributed by atoms with van der Waals surface area (Å²) in [5.41, 5.74) is 0.836. The zero-order valence-electron chi connectivity index (χ0n) is 14.5. The molecule has 0 unspecified atom stereocenters. The van der Waals surface area contributed by atoms with Gasteiger partial charge in [-0.15, -0.1) is 0 Å². The van der Waals surface area contributed by atoms with Crippen LogP contribution in [0.3, 0.4) is 0 Å². The van der Waals surface area contributed by atoms with Crippen molar-refractivity contribution < 1.29 is 31.4 Å². The highest BCUT2D eigenvalue weighted by atomic mass is 35.5. The zero-order valence-corrected chi connectivity index (χ0v) is 15.2. The number of nitrogens with zero attached hydrogens (tertiary/aromatic N) is 1. The molecule has 150 valence electrons. The molecule has 0 aliphatic carbocycles. The molecule has 2 aromatic rings. The van der Waals surface area contributed by atoms with Gasteiger partial charge in [0.1, 0.15) is 12.3 Å². The second kappa shape index (κ2) is 9.41. The predicted octanol–water partition coefficient (Wildman–Crippen LogP) is 5.45. The summed E-state index contributed by atoms with van der Waals surface area (Å²) in [6, 6.07) is 2.88. The molecule has 0 saturated carbocycles. The quantitative estimate of drug-likeness (QED) is 0.154. The summed E-state index contributed by atoms with van der Waals surface area (Å²) in [6.07, 6.45) is 2.57. The van der Waals surface area contributed by atoms with E-state index in [0.29, 0.717) is 12.2 Å². The Hall–Kier alpha value is -2.81. The molecule has 0 radical (unpaired) electrons. The van der Waals surface area contributed by atoms with Gasteiger partial charge in [0, 0.05) is 0 Å². The minimum absolute atomic E-state index is 0.158. The fourth-order valence-corrected chi connectivity index (χ4v) is 2.36. The number of nitrogens with one attached hydrogen (secondary N) is 1. The van der Waals surface area contributed by atoms with E-state index in [4.69, 9.17) is 21.1 Å². The van der Waals surface area contributed by atoms with Crippen molar-refractivity contribution in [3.05, 3.63) is 64.5 Å². The molecular formula is C18H14ClF5N2O2. The monoisotopic (exact) mass is 420 g/mol. The molecule has 0 saturated heterocycles. The van der Waals surface area contributed by atoms with Crippen LogP contribution in [0.25, 0.3) is 0 Å². The van der Waals surface area contributed by atoms with Gasteiger partial charge in [0.15, 0.2) is 34.8 Å². The third-order valence-electron chi connectivity index (χ3n) is 3.28. The maximum Gasteiger partial charge on any atom is 0.200 e. The summed E-state index contributed by atoms with van der Waals surface area (Å²) in [6.45, 7) is 5.73. The van der Waals surface area contributed by atoms with Crippen molar-refractivity contribution in [2.75, 3.05) is 18.6 Å². The Morgan fingerprint density at radius 3 is 2.21 bits per heavy atom. The molecule has 2 aromatic carbocycles. The Kier molecular flexibility index (Phi) is 7.22. The van der Waals surface area contributed by atoms with Gasteiger partial charge in [0.05, 0.1) is 17.8 Å². The summed E-state index contributed by atoms with van der Waals surface area (Å²) >= 11 is 6.13. The summed E-state index contributed by atoms with van der Waals surface area (Å²) in [4.78, 5) is 0. The zero-order chi connectivity index (χ0) is 20.8. The van der Waals surface area contributed by atoms with Crippen molar-refractivity contribution in [1.82, 2.24) is 0 Å². The van der Waals surface area contributed by atoms with Crippen LogP contribution in [0.1, 0.15) is 12.5 Å². The Labute approximate surface area is 162 Å². The molecule has 0 aromatic heterocycles. The smallest absolute Gasteiger partial charge is 0.200 e. The van der Waals surface area contributed by atoms with Crippen LogP contribution in [-0.4, -0.2) is 19.4 Å². The fourth-order valence-electron chi connectivity index (χ4n) is 2.08. The Bertz CT molecular complexity index is 893. The number of halogens is 6.